The number of nitrogens with zero attached hydrogens (tertiary/aromatic N) is 2. The SMILES string of the molecule is Brc1ccc(-c2cnc3ccccc3n2)o1. The van der Waals surface area contributed by atoms with Gasteiger partial charge in [0, 0.05) is 0 Å². The summed E-state index contributed by atoms with van der Waals surface area (Å²) in [5.41, 5.74) is 2.49. The van der Waals surface area contributed by atoms with E-state index in [0.717, 1.165) is 16.7 Å². The Morgan fingerprint density at radius 1 is 1.00 bits per heavy atom. The predicted octanol–water partition coefficient (Wildman–Crippen LogP) is 3.65. The molecule has 0 spiro atoms. The van der Waals surface area contributed by atoms with Crippen molar-refractivity contribution in [2.45, 2.75) is 0 Å². The Balaban J connectivity index is 2.18. The molecule has 1 aromatic carbocycles. The van der Waals surface area contributed by atoms with Crippen LogP contribution in [0.1, 0.15) is 0 Å². The van der Waals surface area contributed by atoms with E-state index in [0.29, 0.717) is 10.4 Å². The molecule has 0 aliphatic carbocycles. The molecule has 0 atom stereocenters. The van der Waals surface area contributed by atoms with Crippen molar-refractivity contribution < 1.29 is 4.42 Å². The van der Waals surface area contributed by atoms with Gasteiger partial charge >= 0.3 is 0 Å². The lowest BCUT2D eigenvalue weighted by Crippen LogP contribution is -1.86. The number of fused-ring (bicyclic) bond motifs is 1. The number of hydrogen-bond acceptors (Lipinski definition) is 3. The minimum Gasteiger partial charge on any atom is -0.448 e. The third-order valence-electron chi connectivity index (χ3n) is 2.27. The molecule has 4 heteroatoms. The maximum Gasteiger partial charge on any atom is 0.169 e. The zero-order valence-electron chi connectivity index (χ0n) is 8.22. The summed E-state index contributed by atoms with van der Waals surface area (Å²) in [6.07, 6.45) is 1.72. The summed E-state index contributed by atoms with van der Waals surface area (Å²) < 4.78 is 6.12. The summed E-state index contributed by atoms with van der Waals surface area (Å²) >= 11 is 3.26. The fourth-order valence-electron chi connectivity index (χ4n) is 1.53. The van der Waals surface area contributed by atoms with Crippen LogP contribution in [-0.4, -0.2) is 9.97 Å². The van der Waals surface area contributed by atoms with Gasteiger partial charge in [-0.1, -0.05) is 12.1 Å². The van der Waals surface area contributed by atoms with E-state index in [1.54, 1.807) is 6.20 Å². The molecule has 2 heterocycles. The topological polar surface area (TPSA) is 38.9 Å². The minimum atomic E-state index is 0.692. The molecule has 0 radical (unpaired) electrons. The van der Waals surface area contributed by atoms with Crippen molar-refractivity contribution in [3.8, 4) is 11.5 Å². The molecular formula is C12H7BrN2O. The summed E-state index contributed by atoms with van der Waals surface area (Å²) in [7, 11) is 0. The van der Waals surface area contributed by atoms with Gasteiger partial charge in [0.1, 0.15) is 5.69 Å². The molecule has 0 amide bonds. The van der Waals surface area contributed by atoms with E-state index in [4.69, 9.17) is 4.42 Å². The van der Waals surface area contributed by atoms with Crippen molar-refractivity contribution in [3.63, 3.8) is 0 Å². The van der Waals surface area contributed by atoms with Gasteiger partial charge in [0.25, 0.3) is 0 Å². The zero-order valence-corrected chi connectivity index (χ0v) is 9.81. The highest BCUT2D eigenvalue weighted by molar-refractivity contribution is 9.10. The van der Waals surface area contributed by atoms with Crippen LogP contribution >= 0.6 is 15.9 Å². The Labute approximate surface area is 100 Å². The minimum absolute atomic E-state index is 0.692. The van der Waals surface area contributed by atoms with Crippen LogP contribution in [0.5, 0.6) is 0 Å². The van der Waals surface area contributed by atoms with Crippen molar-refractivity contribution in [2.75, 3.05) is 0 Å². The third kappa shape index (κ3) is 1.61. The van der Waals surface area contributed by atoms with E-state index < -0.39 is 0 Å². The smallest absolute Gasteiger partial charge is 0.169 e. The van der Waals surface area contributed by atoms with Crippen molar-refractivity contribution >= 4 is 27.0 Å². The summed E-state index contributed by atoms with van der Waals surface area (Å²) in [5.74, 6) is 0.713. The highest BCUT2D eigenvalue weighted by Crippen LogP contribution is 2.24. The summed E-state index contributed by atoms with van der Waals surface area (Å²) in [6, 6.07) is 11.5. The highest BCUT2D eigenvalue weighted by atomic mass is 79.9. The molecule has 0 aliphatic rings. The maximum absolute atomic E-state index is 5.43. The number of rotatable bonds is 1. The van der Waals surface area contributed by atoms with Crippen LogP contribution < -0.4 is 0 Å². The molecule has 0 unspecified atom stereocenters. The molecule has 3 aromatic rings. The van der Waals surface area contributed by atoms with E-state index in [9.17, 15) is 0 Å². The van der Waals surface area contributed by atoms with Gasteiger partial charge in [-0.3, -0.25) is 4.98 Å². The van der Waals surface area contributed by atoms with Crippen LogP contribution in [0.4, 0.5) is 0 Å². The summed E-state index contributed by atoms with van der Waals surface area (Å²) in [6.45, 7) is 0. The quantitative estimate of drug-likeness (QED) is 0.680. The Kier molecular flexibility index (Phi) is 2.22. The lowest BCUT2D eigenvalue weighted by atomic mass is 10.3. The second kappa shape index (κ2) is 3.72. The van der Waals surface area contributed by atoms with Gasteiger partial charge in [-0.15, -0.1) is 0 Å². The molecule has 78 valence electrons. The van der Waals surface area contributed by atoms with Crippen LogP contribution in [0.25, 0.3) is 22.5 Å². The van der Waals surface area contributed by atoms with E-state index in [1.165, 1.54) is 0 Å². The normalized spacial score (nSPS) is 10.8. The Morgan fingerprint density at radius 3 is 2.56 bits per heavy atom. The van der Waals surface area contributed by atoms with Gasteiger partial charge in [0.05, 0.1) is 17.2 Å². The van der Waals surface area contributed by atoms with Gasteiger partial charge in [0.15, 0.2) is 10.4 Å². The van der Waals surface area contributed by atoms with Crippen molar-refractivity contribution in [2.24, 2.45) is 0 Å². The first-order valence-corrected chi connectivity index (χ1v) is 5.60. The average molecular weight is 275 g/mol. The van der Waals surface area contributed by atoms with Gasteiger partial charge in [-0.05, 0) is 40.2 Å². The second-order valence-corrected chi connectivity index (χ2v) is 4.13. The van der Waals surface area contributed by atoms with Gasteiger partial charge in [-0.2, -0.15) is 0 Å². The Hall–Kier alpha value is -1.68. The van der Waals surface area contributed by atoms with Crippen LogP contribution in [0.15, 0.2) is 51.7 Å². The Morgan fingerprint density at radius 2 is 1.81 bits per heavy atom. The van der Waals surface area contributed by atoms with E-state index in [-0.39, 0.29) is 0 Å². The van der Waals surface area contributed by atoms with Crippen LogP contribution in [-0.2, 0) is 0 Å². The summed E-state index contributed by atoms with van der Waals surface area (Å²) in [5, 5.41) is 0. The van der Waals surface area contributed by atoms with Crippen molar-refractivity contribution in [1.82, 2.24) is 9.97 Å². The number of furan rings is 1. The molecule has 16 heavy (non-hydrogen) atoms. The monoisotopic (exact) mass is 274 g/mol. The number of aromatic nitrogens is 2. The van der Waals surface area contributed by atoms with Crippen molar-refractivity contribution in [3.05, 3.63) is 47.3 Å². The molecule has 0 fully saturated rings. The molecule has 0 bridgehead atoms. The van der Waals surface area contributed by atoms with Crippen LogP contribution in [0, 0.1) is 0 Å². The lowest BCUT2D eigenvalue weighted by Gasteiger charge is -1.98. The molecule has 0 saturated carbocycles. The predicted molar refractivity (Wildman–Crippen MR) is 64.9 cm³/mol. The first kappa shape index (κ1) is 9.54. The molecule has 0 saturated heterocycles. The first-order valence-electron chi connectivity index (χ1n) is 4.80. The largest absolute Gasteiger partial charge is 0.448 e. The fraction of sp³-hybridized carbons (Fsp3) is 0. The van der Waals surface area contributed by atoms with Gasteiger partial charge in [-0.25, -0.2) is 4.98 Å². The van der Waals surface area contributed by atoms with E-state index >= 15 is 0 Å². The first-order chi connectivity index (χ1) is 7.83. The van der Waals surface area contributed by atoms with Crippen molar-refractivity contribution in [1.29, 1.82) is 0 Å². The number of halogens is 1. The molecule has 3 rings (SSSR count). The average Bonchev–Trinajstić information content (AvgIpc) is 2.75. The summed E-state index contributed by atoms with van der Waals surface area (Å²) in [4.78, 5) is 8.81. The molecule has 2 aromatic heterocycles. The molecule has 3 nitrogen and oxygen atoms in total. The lowest BCUT2D eigenvalue weighted by molar-refractivity contribution is 0.554. The zero-order chi connectivity index (χ0) is 11.0. The molecule has 0 N–H and O–H groups in total. The molecular weight excluding hydrogens is 268 g/mol. The third-order valence-corrected chi connectivity index (χ3v) is 2.70. The van der Waals surface area contributed by atoms with Gasteiger partial charge < -0.3 is 4.42 Å². The van der Waals surface area contributed by atoms with Gasteiger partial charge in [0.2, 0.25) is 0 Å². The Bertz CT molecular complexity index is 648. The van der Waals surface area contributed by atoms with E-state index in [2.05, 4.69) is 25.9 Å². The standard InChI is InChI=1S/C12H7BrN2O/c13-12-6-5-11(16-12)10-7-14-8-3-1-2-4-9(8)15-10/h1-7H. The second-order valence-electron chi connectivity index (χ2n) is 3.35. The fourth-order valence-corrected chi connectivity index (χ4v) is 1.83. The number of para-hydroxylation sites is 2. The van der Waals surface area contributed by atoms with E-state index in [1.807, 2.05) is 36.4 Å². The highest BCUT2D eigenvalue weighted by Gasteiger charge is 2.06. The van der Waals surface area contributed by atoms with Crippen LogP contribution in [0.2, 0.25) is 0 Å². The molecule has 0 aliphatic heterocycles. The number of hydrogen-bond donors (Lipinski definition) is 0. The van der Waals surface area contributed by atoms with Crippen LogP contribution in [0.3, 0.4) is 0 Å². The maximum atomic E-state index is 5.43. The number of benzene rings is 1.